The number of nitrogens with zero attached hydrogens (tertiary/aromatic N) is 2. The van der Waals surface area contributed by atoms with Crippen LogP contribution in [0, 0.1) is 0 Å². The van der Waals surface area contributed by atoms with Crippen molar-refractivity contribution in [3.63, 3.8) is 0 Å². The topological polar surface area (TPSA) is 63.4 Å². The van der Waals surface area contributed by atoms with Crippen molar-refractivity contribution in [2.45, 2.75) is 26.0 Å². The van der Waals surface area contributed by atoms with Gasteiger partial charge < -0.3 is 10.2 Å². The zero-order valence-electron chi connectivity index (χ0n) is 10.2. The summed E-state index contributed by atoms with van der Waals surface area (Å²) in [6.07, 6.45) is 3.12. The van der Waals surface area contributed by atoms with Gasteiger partial charge in [0.05, 0.1) is 6.10 Å². The third-order valence-electron chi connectivity index (χ3n) is 2.96. The van der Waals surface area contributed by atoms with Gasteiger partial charge in [0, 0.05) is 38.0 Å². The van der Waals surface area contributed by atoms with Gasteiger partial charge in [-0.1, -0.05) is 6.07 Å². The lowest BCUT2D eigenvalue weighted by Gasteiger charge is -2.22. The Morgan fingerprint density at radius 2 is 2.53 bits per heavy atom. The lowest BCUT2D eigenvalue weighted by atomic mass is 10.2. The minimum Gasteiger partial charge on any atom is -0.377 e. The van der Waals surface area contributed by atoms with Gasteiger partial charge in [0.15, 0.2) is 0 Å². The highest BCUT2D eigenvalue weighted by molar-refractivity contribution is 5.42. The van der Waals surface area contributed by atoms with Gasteiger partial charge in [0.1, 0.15) is 5.82 Å². The number of pyridine rings is 1. The van der Waals surface area contributed by atoms with Crippen LogP contribution >= 0.6 is 0 Å². The molecule has 0 spiro atoms. The van der Waals surface area contributed by atoms with Gasteiger partial charge in [-0.3, -0.25) is 4.90 Å². The van der Waals surface area contributed by atoms with Crippen LogP contribution in [0.4, 0.5) is 5.82 Å². The molecule has 94 valence electrons. The summed E-state index contributed by atoms with van der Waals surface area (Å²) in [5, 5.41) is 0. The van der Waals surface area contributed by atoms with E-state index in [2.05, 4.69) is 28.3 Å². The van der Waals surface area contributed by atoms with Crippen molar-refractivity contribution >= 4 is 5.82 Å². The normalized spacial score (nSPS) is 22.1. The Balaban J connectivity index is 2.03. The summed E-state index contributed by atoms with van der Waals surface area (Å²) in [6.45, 7) is 5.85. The number of anilines is 1. The van der Waals surface area contributed by atoms with Gasteiger partial charge >= 0.3 is 0 Å². The molecule has 17 heavy (non-hydrogen) atoms. The Hall–Kier alpha value is -1.17. The van der Waals surface area contributed by atoms with Crippen molar-refractivity contribution in [1.82, 2.24) is 9.88 Å². The molecule has 0 saturated carbocycles. The lowest BCUT2D eigenvalue weighted by Crippen LogP contribution is -2.30. The van der Waals surface area contributed by atoms with E-state index in [9.17, 15) is 0 Å². The molecule has 0 bridgehead atoms. The Bertz CT molecular complexity index is 358. The van der Waals surface area contributed by atoms with E-state index in [4.69, 9.17) is 10.6 Å². The Morgan fingerprint density at radius 1 is 1.65 bits per heavy atom. The number of hydrazine groups is 1. The number of nitrogens with one attached hydrogen (secondary N) is 1. The molecule has 1 unspecified atom stereocenters. The van der Waals surface area contributed by atoms with E-state index in [0.29, 0.717) is 6.10 Å². The molecule has 1 atom stereocenters. The molecule has 1 saturated heterocycles. The molecule has 1 aromatic rings. The summed E-state index contributed by atoms with van der Waals surface area (Å²) >= 11 is 0. The van der Waals surface area contributed by atoms with Crippen molar-refractivity contribution in [1.29, 1.82) is 0 Å². The number of nitrogen functional groups attached to an aromatic ring is 1. The minimum atomic E-state index is 0.295. The molecule has 1 fully saturated rings. The fraction of sp³-hybridized carbons (Fsp3) is 0.583. The molecule has 0 radical (unpaired) electrons. The van der Waals surface area contributed by atoms with Crippen molar-refractivity contribution in [2.75, 3.05) is 25.1 Å². The second kappa shape index (κ2) is 5.95. The summed E-state index contributed by atoms with van der Waals surface area (Å²) < 4.78 is 5.63. The first-order valence-electron chi connectivity index (χ1n) is 6.04. The molecule has 5 nitrogen and oxygen atoms in total. The Kier molecular flexibility index (Phi) is 4.30. The van der Waals surface area contributed by atoms with Gasteiger partial charge in [-0.05, 0) is 19.4 Å². The van der Waals surface area contributed by atoms with Crippen LogP contribution in [0.3, 0.4) is 0 Å². The second-order valence-electron chi connectivity index (χ2n) is 4.43. The first-order chi connectivity index (χ1) is 8.29. The highest BCUT2D eigenvalue weighted by Crippen LogP contribution is 2.15. The predicted molar refractivity (Wildman–Crippen MR) is 67.4 cm³/mol. The lowest BCUT2D eigenvalue weighted by molar-refractivity contribution is 0.0668. The molecule has 0 amide bonds. The van der Waals surface area contributed by atoms with Crippen LogP contribution in [0.15, 0.2) is 18.3 Å². The van der Waals surface area contributed by atoms with Crippen LogP contribution in [0.5, 0.6) is 0 Å². The van der Waals surface area contributed by atoms with Crippen LogP contribution in [0.1, 0.15) is 18.9 Å². The van der Waals surface area contributed by atoms with Gasteiger partial charge in [0.2, 0.25) is 0 Å². The van der Waals surface area contributed by atoms with Crippen molar-refractivity contribution < 1.29 is 4.74 Å². The molecule has 1 aromatic heterocycles. The summed E-state index contributed by atoms with van der Waals surface area (Å²) in [5.74, 6) is 6.21. The average Bonchev–Trinajstić information content (AvgIpc) is 2.54. The van der Waals surface area contributed by atoms with Gasteiger partial charge in [-0.25, -0.2) is 10.8 Å². The first kappa shape index (κ1) is 12.3. The van der Waals surface area contributed by atoms with Gasteiger partial charge in [-0.15, -0.1) is 0 Å². The number of ether oxygens (including phenoxy) is 1. The number of rotatable bonds is 3. The maximum absolute atomic E-state index is 5.63. The number of hydrogen-bond donors (Lipinski definition) is 2. The molecular weight excluding hydrogens is 216 g/mol. The van der Waals surface area contributed by atoms with E-state index in [0.717, 1.165) is 44.0 Å². The average molecular weight is 236 g/mol. The van der Waals surface area contributed by atoms with Gasteiger partial charge in [0.25, 0.3) is 0 Å². The summed E-state index contributed by atoms with van der Waals surface area (Å²) in [6, 6.07) is 3.99. The fourth-order valence-corrected chi connectivity index (χ4v) is 2.16. The van der Waals surface area contributed by atoms with E-state index in [1.165, 1.54) is 0 Å². The van der Waals surface area contributed by atoms with Crippen LogP contribution < -0.4 is 11.3 Å². The zero-order chi connectivity index (χ0) is 12.1. The monoisotopic (exact) mass is 236 g/mol. The standard InChI is InChI=1S/C12H20N4O/c1-10-8-16(6-3-7-17-10)9-11-4-2-5-14-12(11)15-13/h2,4-5,10H,3,6-9,13H2,1H3,(H,14,15). The number of hydrogen-bond acceptors (Lipinski definition) is 5. The van der Waals surface area contributed by atoms with E-state index in [-0.39, 0.29) is 0 Å². The molecule has 2 heterocycles. The maximum atomic E-state index is 5.63. The third kappa shape index (κ3) is 3.39. The number of nitrogens with two attached hydrogens (primary N) is 1. The van der Waals surface area contributed by atoms with Crippen molar-refractivity contribution in [3.8, 4) is 0 Å². The molecule has 1 aliphatic rings. The maximum Gasteiger partial charge on any atom is 0.144 e. The fourth-order valence-electron chi connectivity index (χ4n) is 2.16. The largest absolute Gasteiger partial charge is 0.377 e. The van der Waals surface area contributed by atoms with Crippen LogP contribution in [-0.4, -0.2) is 35.7 Å². The Labute approximate surface area is 102 Å². The van der Waals surface area contributed by atoms with Crippen LogP contribution in [0.25, 0.3) is 0 Å². The van der Waals surface area contributed by atoms with E-state index in [1.54, 1.807) is 6.20 Å². The summed E-state index contributed by atoms with van der Waals surface area (Å²) in [7, 11) is 0. The molecule has 5 heteroatoms. The van der Waals surface area contributed by atoms with Crippen molar-refractivity contribution in [2.24, 2.45) is 5.84 Å². The zero-order valence-corrected chi connectivity index (χ0v) is 10.2. The van der Waals surface area contributed by atoms with Crippen LogP contribution in [0.2, 0.25) is 0 Å². The summed E-state index contributed by atoms with van der Waals surface area (Å²) in [5.41, 5.74) is 3.77. The second-order valence-corrected chi connectivity index (χ2v) is 4.43. The Morgan fingerprint density at radius 3 is 3.35 bits per heavy atom. The highest BCUT2D eigenvalue weighted by Gasteiger charge is 2.16. The van der Waals surface area contributed by atoms with E-state index in [1.807, 2.05) is 6.07 Å². The van der Waals surface area contributed by atoms with E-state index < -0.39 is 0 Å². The minimum absolute atomic E-state index is 0.295. The molecule has 2 rings (SSSR count). The third-order valence-corrected chi connectivity index (χ3v) is 2.96. The quantitative estimate of drug-likeness (QED) is 0.605. The molecule has 0 aromatic carbocycles. The molecule has 3 N–H and O–H groups in total. The van der Waals surface area contributed by atoms with Crippen molar-refractivity contribution in [3.05, 3.63) is 23.9 Å². The van der Waals surface area contributed by atoms with Crippen LogP contribution in [-0.2, 0) is 11.3 Å². The highest BCUT2D eigenvalue weighted by atomic mass is 16.5. The SMILES string of the molecule is CC1CN(Cc2cccnc2NN)CCCO1. The van der Waals surface area contributed by atoms with Gasteiger partial charge in [-0.2, -0.15) is 0 Å². The smallest absolute Gasteiger partial charge is 0.144 e. The van der Waals surface area contributed by atoms with E-state index >= 15 is 0 Å². The molecule has 0 aliphatic carbocycles. The number of aromatic nitrogens is 1. The summed E-state index contributed by atoms with van der Waals surface area (Å²) in [4.78, 5) is 6.60. The molecule has 1 aliphatic heterocycles. The predicted octanol–water partition coefficient (Wildman–Crippen LogP) is 0.978. The molecular formula is C12H20N4O. The first-order valence-corrected chi connectivity index (χ1v) is 6.04.